The lowest BCUT2D eigenvalue weighted by Crippen LogP contribution is -2.39. The molecule has 1 fully saturated rings. The highest BCUT2D eigenvalue weighted by Gasteiger charge is 2.56. The molecule has 1 heterocycles. The molecular weight excluding hydrogens is 568 g/mol. The Morgan fingerprint density at radius 1 is 1.03 bits per heavy atom. The summed E-state index contributed by atoms with van der Waals surface area (Å²) in [5, 5.41) is 21.9. The van der Waals surface area contributed by atoms with Crippen LogP contribution in [0.4, 0.5) is 11.4 Å². The molecule has 0 bridgehead atoms. The third-order valence-corrected chi connectivity index (χ3v) is 8.67. The molecule has 0 aromatic heterocycles. The van der Waals surface area contributed by atoms with Crippen molar-refractivity contribution < 1.29 is 29.2 Å². The number of nitrogens with zero attached hydrogens (tertiary/aromatic N) is 2. The van der Waals surface area contributed by atoms with Crippen LogP contribution in [0, 0.1) is 27.9 Å². The summed E-state index contributed by atoms with van der Waals surface area (Å²) in [6, 6.07) is 10.1. The molecular formula is C29H21BrN2O7. The van der Waals surface area contributed by atoms with Crippen LogP contribution in [0.25, 0.3) is 0 Å². The molecule has 0 radical (unpaired) electrons. The molecule has 1 saturated heterocycles. The van der Waals surface area contributed by atoms with Gasteiger partial charge in [-0.15, -0.1) is 0 Å². The zero-order chi connectivity index (χ0) is 27.7. The van der Waals surface area contributed by atoms with Crippen molar-refractivity contribution >= 4 is 50.7 Å². The Morgan fingerprint density at radius 3 is 2.44 bits per heavy atom. The van der Waals surface area contributed by atoms with E-state index < -0.39 is 40.4 Å². The van der Waals surface area contributed by atoms with Crippen LogP contribution >= 0.6 is 15.9 Å². The van der Waals surface area contributed by atoms with Crippen molar-refractivity contribution in [1.82, 2.24) is 0 Å². The smallest absolute Gasteiger partial charge is 0.269 e. The minimum atomic E-state index is -0.785. The molecule has 196 valence electrons. The number of rotatable bonds is 3. The van der Waals surface area contributed by atoms with Crippen LogP contribution in [-0.2, 0) is 19.2 Å². The van der Waals surface area contributed by atoms with Crippen molar-refractivity contribution in [3.63, 3.8) is 0 Å². The number of phenolic OH excluding ortho intramolecular Hbond substituents is 1. The number of nitro groups is 1. The molecule has 9 nitrogen and oxygen atoms in total. The zero-order valence-corrected chi connectivity index (χ0v) is 22.2. The lowest BCUT2D eigenvalue weighted by atomic mass is 9.59. The van der Waals surface area contributed by atoms with Crippen molar-refractivity contribution in [3.8, 4) is 5.75 Å². The van der Waals surface area contributed by atoms with E-state index in [1.165, 1.54) is 36.4 Å². The molecule has 2 aromatic carbocycles. The number of aromatic hydroxyl groups is 1. The second kappa shape index (κ2) is 8.94. The van der Waals surface area contributed by atoms with E-state index in [-0.39, 0.29) is 41.5 Å². The number of hydrogen-bond acceptors (Lipinski definition) is 7. The molecule has 0 spiro atoms. The fourth-order valence-electron chi connectivity index (χ4n) is 6.47. The number of anilines is 1. The van der Waals surface area contributed by atoms with Crippen molar-refractivity contribution in [3.05, 3.63) is 97.1 Å². The third kappa shape index (κ3) is 3.73. The first-order valence-corrected chi connectivity index (χ1v) is 13.2. The van der Waals surface area contributed by atoms with Gasteiger partial charge in [-0.25, -0.2) is 0 Å². The molecule has 1 aliphatic heterocycles. The van der Waals surface area contributed by atoms with E-state index in [9.17, 15) is 34.4 Å². The highest BCUT2D eigenvalue weighted by molar-refractivity contribution is 9.10. The summed E-state index contributed by atoms with van der Waals surface area (Å²) in [7, 11) is 0. The molecule has 2 amide bonds. The lowest BCUT2D eigenvalue weighted by Gasteiger charge is -2.42. The number of benzene rings is 2. The Kier molecular flexibility index (Phi) is 5.76. The molecule has 0 saturated carbocycles. The summed E-state index contributed by atoms with van der Waals surface area (Å²) in [4.78, 5) is 65.6. The number of fused-ring (bicyclic) bond motifs is 3. The Morgan fingerprint density at radius 2 is 1.74 bits per heavy atom. The van der Waals surface area contributed by atoms with E-state index in [0.29, 0.717) is 26.8 Å². The van der Waals surface area contributed by atoms with Gasteiger partial charge in [0.15, 0.2) is 11.6 Å². The number of hydrogen-bond donors (Lipinski definition) is 1. The molecule has 3 aliphatic carbocycles. The SMILES string of the molecule is CC1=CC(=O)C2=C(C[C@@H]3C(=CC[C@@H]4C(=O)N(c5ccc([N+](=O)[O-])cc5)C(=O)[C@@H]43)[C@@H]2c2cc(Br)ccc2O)C1=O. The van der Waals surface area contributed by atoms with E-state index in [1.807, 2.05) is 6.08 Å². The average Bonchev–Trinajstić information content (AvgIpc) is 3.17. The van der Waals surface area contributed by atoms with Gasteiger partial charge in [-0.2, -0.15) is 0 Å². The quantitative estimate of drug-likeness (QED) is 0.180. The highest BCUT2D eigenvalue weighted by atomic mass is 79.9. The third-order valence-electron chi connectivity index (χ3n) is 8.18. The number of imide groups is 1. The van der Waals surface area contributed by atoms with Gasteiger partial charge in [0.25, 0.3) is 5.69 Å². The van der Waals surface area contributed by atoms with Gasteiger partial charge >= 0.3 is 0 Å². The fourth-order valence-corrected chi connectivity index (χ4v) is 6.85. The maximum absolute atomic E-state index is 13.9. The van der Waals surface area contributed by atoms with E-state index >= 15 is 0 Å². The summed E-state index contributed by atoms with van der Waals surface area (Å²) in [5.74, 6) is -4.26. The first kappa shape index (κ1) is 25.1. The summed E-state index contributed by atoms with van der Waals surface area (Å²) >= 11 is 3.43. The Labute approximate surface area is 230 Å². The van der Waals surface area contributed by atoms with E-state index in [1.54, 1.807) is 19.1 Å². The van der Waals surface area contributed by atoms with Crippen LogP contribution in [0.1, 0.15) is 31.2 Å². The fraction of sp³-hybridized carbons (Fsp3) is 0.241. The average molecular weight is 589 g/mol. The second-order valence-electron chi connectivity index (χ2n) is 10.2. The number of carbonyl (C=O) groups excluding carboxylic acids is 4. The van der Waals surface area contributed by atoms with Gasteiger partial charge < -0.3 is 5.11 Å². The van der Waals surface area contributed by atoms with Crippen LogP contribution in [0.5, 0.6) is 5.75 Å². The normalized spacial score (nSPS) is 26.2. The molecule has 39 heavy (non-hydrogen) atoms. The number of phenols is 1. The zero-order valence-electron chi connectivity index (χ0n) is 20.6. The van der Waals surface area contributed by atoms with Gasteiger partial charge in [0.05, 0.1) is 22.4 Å². The minimum Gasteiger partial charge on any atom is -0.508 e. The molecule has 6 rings (SSSR count). The minimum absolute atomic E-state index is 0.0495. The predicted octanol–water partition coefficient (Wildman–Crippen LogP) is 4.70. The monoisotopic (exact) mass is 588 g/mol. The topological polar surface area (TPSA) is 135 Å². The summed E-state index contributed by atoms with van der Waals surface area (Å²) in [6.45, 7) is 1.57. The second-order valence-corrected chi connectivity index (χ2v) is 11.1. The van der Waals surface area contributed by atoms with Gasteiger partial charge in [0, 0.05) is 44.8 Å². The molecule has 0 unspecified atom stereocenters. The number of halogens is 1. The molecule has 1 N–H and O–H groups in total. The maximum Gasteiger partial charge on any atom is 0.269 e. The standard InChI is InChI=1S/C29H21BrN2O7/c1-13-10-23(34)26-21(27(13)35)12-19-17(24(26)20-11-14(30)2-9-22(20)33)7-8-18-25(19)29(37)31(28(18)36)15-3-5-16(6-4-15)32(38)39/h2-7,9-11,18-19,24-25,33H,8,12H2,1H3/t18-,19+,24+,25-/m0/s1. The molecule has 4 aliphatic rings. The van der Waals surface area contributed by atoms with Gasteiger partial charge in [-0.1, -0.05) is 27.6 Å². The van der Waals surface area contributed by atoms with Crippen molar-refractivity contribution in [1.29, 1.82) is 0 Å². The number of nitro benzene ring substituents is 1. The Bertz CT molecular complexity index is 1620. The summed E-state index contributed by atoms with van der Waals surface area (Å²) in [6.07, 6.45) is 3.55. The van der Waals surface area contributed by atoms with Crippen LogP contribution in [0.3, 0.4) is 0 Å². The van der Waals surface area contributed by atoms with Gasteiger partial charge in [-0.05, 0) is 62.1 Å². The summed E-state index contributed by atoms with van der Waals surface area (Å²) in [5.41, 5.74) is 2.15. The number of Topliss-reactive ketones (excluding diaryl/α,β-unsaturated/α-hetero) is 1. The number of allylic oxidation sites excluding steroid dienone is 6. The highest BCUT2D eigenvalue weighted by Crippen LogP contribution is 2.56. The number of ketones is 2. The molecule has 2 aromatic rings. The number of non-ortho nitro benzene ring substituents is 1. The van der Waals surface area contributed by atoms with Crippen molar-refractivity contribution in [2.75, 3.05) is 4.90 Å². The van der Waals surface area contributed by atoms with Gasteiger partial charge in [0.2, 0.25) is 11.8 Å². The van der Waals surface area contributed by atoms with Crippen molar-refractivity contribution in [2.24, 2.45) is 17.8 Å². The number of amides is 2. The van der Waals surface area contributed by atoms with Crippen LogP contribution in [0.15, 0.2) is 81.4 Å². The lowest BCUT2D eigenvalue weighted by molar-refractivity contribution is -0.384. The molecule has 10 heteroatoms. The largest absolute Gasteiger partial charge is 0.508 e. The van der Waals surface area contributed by atoms with Gasteiger partial charge in [0.1, 0.15) is 5.75 Å². The Balaban J connectivity index is 1.47. The van der Waals surface area contributed by atoms with Crippen LogP contribution in [-0.4, -0.2) is 33.4 Å². The van der Waals surface area contributed by atoms with Crippen LogP contribution < -0.4 is 4.90 Å². The Hall–Kier alpha value is -4.18. The van der Waals surface area contributed by atoms with E-state index in [2.05, 4.69) is 15.9 Å². The van der Waals surface area contributed by atoms with E-state index in [4.69, 9.17) is 0 Å². The van der Waals surface area contributed by atoms with E-state index in [0.717, 1.165) is 10.5 Å². The number of carbonyl (C=O) groups is 4. The van der Waals surface area contributed by atoms with Crippen molar-refractivity contribution in [2.45, 2.75) is 25.7 Å². The first-order valence-electron chi connectivity index (χ1n) is 12.4. The maximum atomic E-state index is 13.9. The first-order chi connectivity index (χ1) is 18.6. The summed E-state index contributed by atoms with van der Waals surface area (Å²) < 4.78 is 0.673. The molecule has 4 atom stereocenters. The van der Waals surface area contributed by atoms with Gasteiger partial charge in [-0.3, -0.25) is 34.2 Å². The van der Waals surface area contributed by atoms with Crippen LogP contribution in [0.2, 0.25) is 0 Å². The predicted molar refractivity (Wildman–Crippen MR) is 143 cm³/mol.